The number of ether oxygens (including phenoxy) is 1. The monoisotopic (exact) mass is 396 g/mol. The van der Waals surface area contributed by atoms with Crippen molar-refractivity contribution < 1.29 is 18.0 Å². The maximum atomic E-state index is 6.08. The second-order valence-electron chi connectivity index (χ2n) is 5.57. The molecular weight excluding hydrogens is 359 g/mol. The molecule has 2 atom stereocenters. The summed E-state index contributed by atoms with van der Waals surface area (Å²) in [4.78, 5) is 0. The fourth-order valence-corrected chi connectivity index (χ4v) is 6.29. The Morgan fingerprint density at radius 3 is 1.77 bits per heavy atom. The average Bonchev–Trinajstić information content (AvgIpc) is 2.52. The van der Waals surface area contributed by atoms with Gasteiger partial charge in [-0.1, -0.05) is 0 Å². The van der Waals surface area contributed by atoms with E-state index in [0.29, 0.717) is 6.10 Å². The van der Waals surface area contributed by atoms with Crippen LogP contribution in [0.4, 0.5) is 0 Å². The quantitative estimate of drug-likeness (QED) is 0.293. The van der Waals surface area contributed by atoms with Crippen LogP contribution in [0.3, 0.4) is 0 Å². The summed E-state index contributed by atoms with van der Waals surface area (Å²) >= 11 is 0.189. The molecule has 0 spiro atoms. The van der Waals surface area contributed by atoms with Crippen LogP contribution in [-0.2, 0) is 18.0 Å². The van der Waals surface area contributed by atoms with Gasteiger partial charge in [0.2, 0.25) is 0 Å². The third-order valence-corrected chi connectivity index (χ3v) is 8.06. The molecular formula is C16H37AsO4Si. The first-order chi connectivity index (χ1) is 10.6. The Morgan fingerprint density at radius 2 is 1.36 bits per heavy atom. The summed E-state index contributed by atoms with van der Waals surface area (Å²) in [5.74, 6) is 0. The molecule has 0 aromatic carbocycles. The fraction of sp³-hybridized carbons (Fsp3) is 1.00. The van der Waals surface area contributed by atoms with Crippen molar-refractivity contribution in [2.45, 2.75) is 76.4 Å². The topological polar surface area (TPSA) is 36.9 Å². The molecule has 0 radical (unpaired) electrons. The third-order valence-electron chi connectivity index (χ3n) is 3.10. The van der Waals surface area contributed by atoms with Crippen LogP contribution in [0.1, 0.15) is 53.4 Å². The van der Waals surface area contributed by atoms with E-state index in [4.69, 9.17) is 18.0 Å². The van der Waals surface area contributed by atoms with Gasteiger partial charge in [0.25, 0.3) is 0 Å². The first-order valence-electron chi connectivity index (χ1n) is 8.82. The average molecular weight is 396 g/mol. The molecule has 0 N–H and O–H groups in total. The Bertz CT molecular complexity index is 222. The molecule has 22 heavy (non-hydrogen) atoms. The van der Waals surface area contributed by atoms with Gasteiger partial charge in [0.05, 0.1) is 0 Å². The minimum atomic E-state index is -2.52. The first kappa shape index (κ1) is 22.6. The molecule has 0 aliphatic rings. The van der Waals surface area contributed by atoms with Crippen LogP contribution in [-0.4, -0.2) is 57.1 Å². The van der Waals surface area contributed by atoms with Crippen molar-refractivity contribution in [2.75, 3.05) is 26.4 Å². The molecule has 2 unspecified atom stereocenters. The molecule has 0 bridgehead atoms. The molecule has 134 valence electrons. The number of rotatable bonds is 16. The van der Waals surface area contributed by atoms with Crippen LogP contribution >= 0.6 is 0 Å². The predicted molar refractivity (Wildman–Crippen MR) is 97.1 cm³/mol. The van der Waals surface area contributed by atoms with Crippen molar-refractivity contribution in [2.24, 2.45) is 0 Å². The molecule has 0 aliphatic heterocycles. The molecule has 6 heteroatoms. The van der Waals surface area contributed by atoms with E-state index in [0.717, 1.165) is 58.2 Å². The maximum absolute atomic E-state index is 6.08. The number of hydrogen-bond donors (Lipinski definition) is 0. The standard InChI is InChI=1S/C16H37AsO4Si/c1-6-10-19-22(20-11-7-2,21-12-8-3)14-9-13-18-16(4)15-17-5/h16-17H,6-15H2,1-5H3. The van der Waals surface area contributed by atoms with Gasteiger partial charge in [0.1, 0.15) is 0 Å². The van der Waals surface area contributed by atoms with E-state index >= 15 is 0 Å². The zero-order valence-corrected chi connectivity index (χ0v) is 18.4. The van der Waals surface area contributed by atoms with Crippen LogP contribution in [0.5, 0.6) is 0 Å². The van der Waals surface area contributed by atoms with E-state index in [1.807, 2.05) is 0 Å². The molecule has 0 aromatic rings. The summed E-state index contributed by atoms with van der Waals surface area (Å²) in [7, 11) is -2.52. The van der Waals surface area contributed by atoms with E-state index in [1.165, 1.54) is 5.21 Å². The van der Waals surface area contributed by atoms with Crippen molar-refractivity contribution in [3.8, 4) is 0 Å². The Morgan fingerprint density at radius 1 is 0.864 bits per heavy atom. The van der Waals surface area contributed by atoms with Gasteiger partial charge >= 0.3 is 145 Å². The Hall–Kier alpha value is 0.615. The van der Waals surface area contributed by atoms with Crippen LogP contribution in [0, 0.1) is 0 Å². The summed E-state index contributed by atoms with van der Waals surface area (Å²) in [6.45, 7) is 11.5. The van der Waals surface area contributed by atoms with E-state index in [-0.39, 0.29) is 15.8 Å². The summed E-state index contributed by atoms with van der Waals surface area (Å²) in [6, 6.07) is 0.863. The van der Waals surface area contributed by atoms with Crippen molar-refractivity contribution in [1.82, 2.24) is 0 Å². The van der Waals surface area contributed by atoms with Crippen LogP contribution in [0.15, 0.2) is 0 Å². The number of hydrogen-bond acceptors (Lipinski definition) is 4. The third kappa shape index (κ3) is 11.2. The second-order valence-corrected chi connectivity index (χ2v) is 10.6. The van der Waals surface area contributed by atoms with Crippen molar-refractivity contribution in [3.05, 3.63) is 0 Å². The summed E-state index contributed by atoms with van der Waals surface area (Å²) in [5.41, 5.74) is 2.31. The zero-order chi connectivity index (χ0) is 16.7. The molecule has 0 saturated carbocycles. The van der Waals surface area contributed by atoms with Crippen LogP contribution < -0.4 is 0 Å². The molecule has 0 heterocycles. The Balaban J connectivity index is 4.38. The molecule has 0 rings (SSSR count). The van der Waals surface area contributed by atoms with Gasteiger partial charge in [-0.25, -0.2) is 0 Å². The molecule has 0 saturated heterocycles. The van der Waals surface area contributed by atoms with E-state index in [1.54, 1.807) is 0 Å². The summed E-state index contributed by atoms with van der Waals surface area (Å²) in [5, 5.41) is 1.24. The van der Waals surface area contributed by atoms with Crippen molar-refractivity contribution in [3.63, 3.8) is 0 Å². The predicted octanol–water partition coefficient (Wildman–Crippen LogP) is 3.90. The molecule has 0 aliphatic carbocycles. The van der Waals surface area contributed by atoms with E-state index in [2.05, 4.69) is 33.4 Å². The minimum absolute atomic E-state index is 0.189. The van der Waals surface area contributed by atoms with Gasteiger partial charge in [0, 0.05) is 0 Å². The first-order valence-corrected chi connectivity index (χ1v) is 14.3. The Kier molecular flexibility index (Phi) is 15.6. The zero-order valence-electron chi connectivity index (χ0n) is 15.3. The van der Waals surface area contributed by atoms with Gasteiger partial charge in [0.15, 0.2) is 0 Å². The SMILES string of the molecule is CCCO[Si](CCCOC(C)C[AsH]C)(OCCC)OCCC. The summed E-state index contributed by atoms with van der Waals surface area (Å²) in [6.07, 6.45) is 4.33. The van der Waals surface area contributed by atoms with Gasteiger partial charge in [-0.15, -0.1) is 0 Å². The molecule has 0 amide bonds. The summed E-state index contributed by atoms with van der Waals surface area (Å²) < 4.78 is 24.1. The van der Waals surface area contributed by atoms with E-state index < -0.39 is 8.80 Å². The molecule has 4 nitrogen and oxygen atoms in total. The second kappa shape index (κ2) is 15.2. The van der Waals surface area contributed by atoms with Crippen LogP contribution in [0.25, 0.3) is 0 Å². The Labute approximate surface area is 145 Å². The van der Waals surface area contributed by atoms with Gasteiger partial charge in [-0.05, 0) is 0 Å². The molecule has 0 fully saturated rings. The van der Waals surface area contributed by atoms with Gasteiger partial charge in [-0.3, -0.25) is 0 Å². The normalized spacial score (nSPS) is 14.0. The fourth-order valence-electron chi connectivity index (χ4n) is 2.03. The van der Waals surface area contributed by atoms with Crippen molar-refractivity contribution in [1.29, 1.82) is 0 Å². The van der Waals surface area contributed by atoms with Gasteiger partial charge < -0.3 is 0 Å². The molecule has 0 aromatic heterocycles. The van der Waals surface area contributed by atoms with Crippen molar-refractivity contribution >= 4 is 24.6 Å². The van der Waals surface area contributed by atoms with Crippen LogP contribution in [0.2, 0.25) is 17.0 Å². The van der Waals surface area contributed by atoms with E-state index in [9.17, 15) is 0 Å². The van der Waals surface area contributed by atoms with Gasteiger partial charge in [-0.2, -0.15) is 0 Å².